The normalized spacial score (nSPS) is 8.75. The van der Waals surface area contributed by atoms with Gasteiger partial charge in [0.25, 0.3) is 0 Å². The van der Waals surface area contributed by atoms with Crippen molar-refractivity contribution in [2.45, 2.75) is 0 Å². The van der Waals surface area contributed by atoms with Crippen molar-refractivity contribution in [1.82, 2.24) is 0 Å². The third-order valence-corrected chi connectivity index (χ3v) is 1.98. The molecule has 0 aliphatic carbocycles. The number of carbonyl (C=O) groups excluding carboxylic acids is 1. The largest absolute Gasteiger partial charge is 0.282 e. The molecule has 0 saturated heterocycles. The second kappa shape index (κ2) is 4.45. The van der Waals surface area contributed by atoms with Crippen molar-refractivity contribution in [2.75, 3.05) is 0 Å². The van der Waals surface area contributed by atoms with Gasteiger partial charge < -0.3 is 0 Å². The lowest BCUT2D eigenvalue weighted by molar-refractivity contribution is 0.110. The summed E-state index contributed by atoms with van der Waals surface area (Å²) in [5.74, 6) is 0. The molecule has 0 saturated carbocycles. The van der Waals surface area contributed by atoms with Crippen LogP contribution in [0.4, 0.5) is 5.69 Å². The van der Waals surface area contributed by atoms with Crippen LogP contribution in [0.25, 0.3) is 0 Å². The zero-order valence-electron chi connectivity index (χ0n) is 5.95. The van der Waals surface area contributed by atoms with Crippen LogP contribution >= 0.6 is 34.8 Å². The number of nitrogens with zero attached hydrogens (tertiary/aromatic N) is 1. The third-order valence-electron chi connectivity index (χ3n) is 1.27. The standard InChI is InChI=1S/C8H4INOS/c9-8(11)6-1-3-7(4-2-6)10-5-12/h1-4H. The van der Waals surface area contributed by atoms with Crippen LogP contribution in [0.2, 0.25) is 0 Å². The topological polar surface area (TPSA) is 29.4 Å². The molecule has 0 radical (unpaired) electrons. The van der Waals surface area contributed by atoms with E-state index in [0.29, 0.717) is 11.3 Å². The van der Waals surface area contributed by atoms with Crippen molar-refractivity contribution in [3.63, 3.8) is 0 Å². The summed E-state index contributed by atoms with van der Waals surface area (Å²) >= 11 is 6.17. The predicted octanol–water partition coefficient (Wildman–Crippen LogP) is 3.00. The van der Waals surface area contributed by atoms with Gasteiger partial charge in [-0.2, -0.15) is 4.99 Å². The molecular formula is C8H4INOS. The Morgan fingerprint density at radius 3 is 2.42 bits per heavy atom. The Morgan fingerprint density at radius 1 is 1.42 bits per heavy atom. The monoisotopic (exact) mass is 289 g/mol. The SMILES string of the molecule is O=C(I)c1ccc(N=C=S)cc1. The molecule has 0 atom stereocenters. The van der Waals surface area contributed by atoms with E-state index >= 15 is 0 Å². The van der Waals surface area contributed by atoms with Crippen LogP contribution in [-0.2, 0) is 0 Å². The number of isothiocyanates is 1. The Morgan fingerprint density at radius 2 is 2.00 bits per heavy atom. The van der Waals surface area contributed by atoms with Gasteiger partial charge in [-0.1, -0.05) is 0 Å². The maximum atomic E-state index is 10.8. The summed E-state index contributed by atoms with van der Waals surface area (Å²) in [7, 11) is 0. The Bertz CT molecular complexity index is 320. The van der Waals surface area contributed by atoms with Gasteiger partial charge in [0, 0.05) is 28.2 Å². The molecule has 0 aliphatic heterocycles. The van der Waals surface area contributed by atoms with Crippen molar-refractivity contribution in [1.29, 1.82) is 0 Å². The second-order valence-corrected chi connectivity index (χ2v) is 3.19. The number of rotatable bonds is 2. The number of aliphatic imine (C=N–C) groups is 1. The van der Waals surface area contributed by atoms with E-state index in [1.54, 1.807) is 46.9 Å². The summed E-state index contributed by atoms with van der Waals surface area (Å²) < 4.78 is 0.0190. The first-order valence-corrected chi connectivity index (χ1v) is 4.60. The molecule has 0 fully saturated rings. The van der Waals surface area contributed by atoms with Crippen LogP contribution in [0.15, 0.2) is 29.3 Å². The summed E-state index contributed by atoms with van der Waals surface area (Å²) in [6.07, 6.45) is 0. The van der Waals surface area contributed by atoms with Crippen molar-refractivity contribution < 1.29 is 4.79 Å². The van der Waals surface area contributed by atoms with Crippen molar-refractivity contribution in [3.05, 3.63) is 29.8 Å². The number of carbonyl (C=O) groups is 1. The van der Waals surface area contributed by atoms with Crippen LogP contribution < -0.4 is 0 Å². The van der Waals surface area contributed by atoms with Crippen molar-refractivity contribution in [2.24, 2.45) is 4.99 Å². The van der Waals surface area contributed by atoms with Gasteiger partial charge in [-0.15, -0.1) is 0 Å². The van der Waals surface area contributed by atoms with E-state index in [1.165, 1.54) is 0 Å². The highest BCUT2D eigenvalue weighted by Gasteiger charge is 1.98. The minimum absolute atomic E-state index is 0.0190. The predicted molar refractivity (Wildman–Crippen MR) is 59.5 cm³/mol. The summed E-state index contributed by atoms with van der Waals surface area (Å²) in [6, 6.07) is 6.87. The minimum atomic E-state index is 0.0190. The third kappa shape index (κ3) is 2.48. The van der Waals surface area contributed by atoms with E-state index in [1.807, 2.05) is 0 Å². The fraction of sp³-hybridized carbons (Fsp3) is 0. The fourth-order valence-corrected chi connectivity index (χ4v) is 1.18. The van der Waals surface area contributed by atoms with Crippen LogP contribution in [0, 0.1) is 0 Å². The Kier molecular flexibility index (Phi) is 3.52. The van der Waals surface area contributed by atoms with Gasteiger partial charge in [-0.3, -0.25) is 4.79 Å². The van der Waals surface area contributed by atoms with Crippen LogP contribution in [-0.4, -0.2) is 8.95 Å². The molecule has 0 bridgehead atoms. The Hall–Kier alpha value is -0.580. The van der Waals surface area contributed by atoms with Crippen molar-refractivity contribution in [3.8, 4) is 0 Å². The molecule has 0 unspecified atom stereocenters. The first-order chi connectivity index (χ1) is 5.74. The van der Waals surface area contributed by atoms with Crippen molar-refractivity contribution >= 4 is 49.4 Å². The van der Waals surface area contributed by atoms with E-state index in [-0.39, 0.29) is 3.79 Å². The van der Waals surface area contributed by atoms with E-state index in [2.05, 4.69) is 22.4 Å². The molecule has 1 aromatic carbocycles. The number of hydrogen-bond donors (Lipinski definition) is 0. The summed E-state index contributed by atoms with van der Waals surface area (Å²) in [5, 5.41) is 2.25. The lowest BCUT2D eigenvalue weighted by atomic mass is 10.2. The van der Waals surface area contributed by atoms with E-state index < -0.39 is 0 Å². The highest BCUT2D eigenvalue weighted by molar-refractivity contribution is 14.1. The molecule has 1 aromatic rings. The van der Waals surface area contributed by atoms with Gasteiger partial charge >= 0.3 is 0 Å². The van der Waals surface area contributed by atoms with Gasteiger partial charge in [0.2, 0.25) is 3.79 Å². The molecule has 0 amide bonds. The van der Waals surface area contributed by atoms with Gasteiger partial charge in [-0.25, -0.2) is 0 Å². The maximum absolute atomic E-state index is 10.8. The highest BCUT2D eigenvalue weighted by Crippen LogP contribution is 2.14. The van der Waals surface area contributed by atoms with Gasteiger partial charge in [0.1, 0.15) is 0 Å². The molecule has 0 aromatic heterocycles. The molecule has 4 heteroatoms. The molecule has 2 nitrogen and oxygen atoms in total. The molecule has 60 valence electrons. The highest BCUT2D eigenvalue weighted by atomic mass is 127. The van der Waals surface area contributed by atoms with Crippen LogP contribution in [0.5, 0.6) is 0 Å². The number of hydrogen-bond acceptors (Lipinski definition) is 3. The molecule has 0 aliphatic rings. The lowest BCUT2D eigenvalue weighted by Crippen LogP contribution is -1.84. The van der Waals surface area contributed by atoms with Gasteiger partial charge in [0.05, 0.1) is 10.8 Å². The molecular weight excluding hydrogens is 285 g/mol. The number of thiocarbonyl (C=S) groups is 1. The molecule has 1 rings (SSSR count). The van der Waals surface area contributed by atoms with E-state index in [4.69, 9.17) is 0 Å². The maximum Gasteiger partial charge on any atom is 0.222 e. The quantitative estimate of drug-likeness (QED) is 0.362. The minimum Gasteiger partial charge on any atom is -0.282 e. The number of halogens is 1. The summed E-state index contributed by atoms with van der Waals surface area (Å²) in [5.41, 5.74) is 1.38. The Balaban J connectivity index is 3.00. The average Bonchev–Trinajstić information content (AvgIpc) is 2.06. The zero-order chi connectivity index (χ0) is 8.97. The second-order valence-electron chi connectivity index (χ2n) is 2.02. The molecule has 0 heterocycles. The van der Waals surface area contributed by atoms with E-state index in [0.717, 1.165) is 0 Å². The lowest BCUT2D eigenvalue weighted by Gasteiger charge is -1.92. The zero-order valence-corrected chi connectivity index (χ0v) is 8.93. The Labute approximate surface area is 88.8 Å². The molecule has 0 N–H and O–H groups in total. The van der Waals surface area contributed by atoms with Gasteiger partial charge in [-0.05, 0) is 36.5 Å². The first-order valence-electron chi connectivity index (χ1n) is 3.12. The van der Waals surface area contributed by atoms with Gasteiger partial charge in [0.15, 0.2) is 0 Å². The number of benzene rings is 1. The summed E-state index contributed by atoms with van der Waals surface area (Å²) in [4.78, 5) is 14.6. The average molecular weight is 289 g/mol. The molecule has 12 heavy (non-hydrogen) atoms. The van der Waals surface area contributed by atoms with E-state index in [9.17, 15) is 4.79 Å². The fourth-order valence-electron chi connectivity index (χ4n) is 0.720. The van der Waals surface area contributed by atoms with Crippen LogP contribution in [0.1, 0.15) is 10.4 Å². The molecule has 0 spiro atoms. The smallest absolute Gasteiger partial charge is 0.222 e. The van der Waals surface area contributed by atoms with Crippen LogP contribution in [0.3, 0.4) is 0 Å². The summed E-state index contributed by atoms with van der Waals surface area (Å²) in [6.45, 7) is 0. The first kappa shape index (κ1) is 9.51.